The standard InChI is InChI=1S/C19H13Cl2F3N2O2/c1-9-4-3-5-13(10(9)2)25-16-15(21)17(27)26(18(16)28)14-8-11(19(22,23)24)6-7-12(14)20/h3-8,25H,1-2H3. The molecule has 2 amide bonds. The number of nitrogens with zero attached hydrogens (tertiary/aromatic N) is 1. The first-order chi connectivity index (χ1) is 13.0. The molecule has 0 aromatic heterocycles. The molecule has 0 saturated carbocycles. The van der Waals surface area contributed by atoms with E-state index in [2.05, 4.69) is 5.32 Å². The molecule has 146 valence electrons. The Kier molecular flexibility index (Phi) is 5.16. The molecule has 0 atom stereocenters. The molecule has 0 aliphatic carbocycles. The van der Waals surface area contributed by atoms with Crippen LogP contribution in [0.25, 0.3) is 0 Å². The summed E-state index contributed by atoms with van der Waals surface area (Å²) < 4.78 is 39.1. The van der Waals surface area contributed by atoms with E-state index >= 15 is 0 Å². The smallest absolute Gasteiger partial charge is 0.349 e. The van der Waals surface area contributed by atoms with Crippen LogP contribution in [0.2, 0.25) is 5.02 Å². The van der Waals surface area contributed by atoms with E-state index in [4.69, 9.17) is 23.2 Å². The molecule has 1 N–H and O–H groups in total. The van der Waals surface area contributed by atoms with E-state index in [0.717, 1.165) is 23.3 Å². The van der Waals surface area contributed by atoms with Crippen molar-refractivity contribution in [3.8, 4) is 0 Å². The Morgan fingerprint density at radius 3 is 2.32 bits per heavy atom. The zero-order chi connectivity index (χ0) is 20.8. The number of rotatable bonds is 3. The number of hydrogen-bond donors (Lipinski definition) is 1. The molecule has 1 heterocycles. The van der Waals surface area contributed by atoms with Gasteiger partial charge in [0.15, 0.2) is 0 Å². The van der Waals surface area contributed by atoms with Crippen LogP contribution in [0.3, 0.4) is 0 Å². The Morgan fingerprint density at radius 2 is 1.68 bits per heavy atom. The molecule has 4 nitrogen and oxygen atoms in total. The fourth-order valence-corrected chi connectivity index (χ4v) is 3.13. The molecule has 1 aliphatic rings. The van der Waals surface area contributed by atoms with Gasteiger partial charge in [0.05, 0.1) is 16.3 Å². The third-order valence-corrected chi connectivity index (χ3v) is 5.08. The number of alkyl halides is 3. The maximum atomic E-state index is 13.0. The minimum Gasteiger partial charge on any atom is -0.349 e. The lowest BCUT2D eigenvalue weighted by atomic mass is 10.1. The van der Waals surface area contributed by atoms with Crippen LogP contribution in [0.4, 0.5) is 24.5 Å². The van der Waals surface area contributed by atoms with Crippen LogP contribution in [0.1, 0.15) is 16.7 Å². The summed E-state index contributed by atoms with van der Waals surface area (Å²) in [6.07, 6.45) is -4.66. The molecular formula is C19H13Cl2F3N2O2. The summed E-state index contributed by atoms with van der Waals surface area (Å²) in [7, 11) is 0. The lowest BCUT2D eigenvalue weighted by Crippen LogP contribution is -2.32. The van der Waals surface area contributed by atoms with Crippen molar-refractivity contribution in [1.29, 1.82) is 0 Å². The Hall–Kier alpha value is -2.51. The van der Waals surface area contributed by atoms with Gasteiger partial charge < -0.3 is 5.32 Å². The molecule has 28 heavy (non-hydrogen) atoms. The summed E-state index contributed by atoms with van der Waals surface area (Å²) in [5, 5.41) is 2.20. The van der Waals surface area contributed by atoms with Crippen LogP contribution in [0, 0.1) is 13.8 Å². The fraction of sp³-hybridized carbons (Fsp3) is 0.158. The number of anilines is 2. The van der Waals surface area contributed by atoms with Gasteiger partial charge in [-0.25, -0.2) is 4.90 Å². The van der Waals surface area contributed by atoms with Gasteiger partial charge in [-0.2, -0.15) is 13.2 Å². The largest absolute Gasteiger partial charge is 0.416 e. The van der Waals surface area contributed by atoms with Crippen molar-refractivity contribution >= 4 is 46.4 Å². The van der Waals surface area contributed by atoms with Crippen LogP contribution in [0.5, 0.6) is 0 Å². The quantitative estimate of drug-likeness (QED) is 0.664. The van der Waals surface area contributed by atoms with Crippen molar-refractivity contribution in [2.24, 2.45) is 0 Å². The van der Waals surface area contributed by atoms with E-state index in [1.54, 1.807) is 12.1 Å². The van der Waals surface area contributed by atoms with E-state index in [-0.39, 0.29) is 16.4 Å². The van der Waals surface area contributed by atoms with Gasteiger partial charge in [-0.1, -0.05) is 35.3 Å². The van der Waals surface area contributed by atoms with E-state index < -0.39 is 28.6 Å². The average Bonchev–Trinajstić information content (AvgIpc) is 2.82. The first kappa shape index (κ1) is 20.2. The summed E-state index contributed by atoms with van der Waals surface area (Å²) in [6, 6.07) is 7.69. The van der Waals surface area contributed by atoms with E-state index in [9.17, 15) is 22.8 Å². The first-order valence-corrected chi connectivity index (χ1v) is 8.76. The minimum atomic E-state index is -4.66. The van der Waals surface area contributed by atoms with Gasteiger partial charge in [-0.3, -0.25) is 9.59 Å². The zero-order valence-electron chi connectivity index (χ0n) is 14.6. The van der Waals surface area contributed by atoms with Gasteiger partial charge in [-0.15, -0.1) is 0 Å². The average molecular weight is 429 g/mol. The van der Waals surface area contributed by atoms with Gasteiger partial charge in [0.2, 0.25) is 0 Å². The second kappa shape index (κ2) is 7.14. The lowest BCUT2D eigenvalue weighted by molar-refractivity contribution is -0.137. The van der Waals surface area contributed by atoms with E-state index in [0.29, 0.717) is 16.7 Å². The second-order valence-corrected chi connectivity index (χ2v) is 6.96. The number of imide groups is 1. The molecule has 0 unspecified atom stereocenters. The lowest BCUT2D eigenvalue weighted by Gasteiger charge is -2.19. The summed E-state index contributed by atoms with van der Waals surface area (Å²) in [4.78, 5) is 25.9. The normalized spacial score (nSPS) is 14.9. The first-order valence-electron chi connectivity index (χ1n) is 8.01. The Bertz CT molecular complexity index is 1030. The molecule has 2 aromatic carbocycles. The van der Waals surface area contributed by atoms with Crippen LogP contribution < -0.4 is 10.2 Å². The summed E-state index contributed by atoms with van der Waals surface area (Å²) in [6.45, 7) is 3.68. The molecule has 0 bridgehead atoms. The van der Waals surface area contributed by atoms with Gasteiger partial charge in [0.1, 0.15) is 10.7 Å². The molecule has 9 heteroatoms. The number of nitrogens with one attached hydrogen (secondary N) is 1. The van der Waals surface area contributed by atoms with Crippen molar-refractivity contribution in [2.75, 3.05) is 10.2 Å². The zero-order valence-corrected chi connectivity index (χ0v) is 16.1. The molecule has 0 spiro atoms. The molecule has 0 fully saturated rings. The highest BCUT2D eigenvalue weighted by atomic mass is 35.5. The number of hydrogen-bond acceptors (Lipinski definition) is 3. The Balaban J connectivity index is 2.01. The van der Waals surface area contributed by atoms with Crippen molar-refractivity contribution in [3.05, 3.63) is 68.8 Å². The molecule has 2 aromatic rings. The van der Waals surface area contributed by atoms with Crippen molar-refractivity contribution in [3.63, 3.8) is 0 Å². The fourth-order valence-electron chi connectivity index (χ4n) is 2.71. The Labute approximate surface area is 168 Å². The maximum absolute atomic E-state index is 13.0. The summed E-state index contributed by atoms with van der Waals surface area (Å²) in [5.41, 5.74) is 0.661. The number of benzene rings is 2. The highest BCUT2D eigenvalue weighted by Gasteiger charge is 2.41. The number of amides is 2. The van der Waals surface area contributed by atoms with Crippen LogP contribution >= 0.6 is 23.2 Å². The van der Waals surface area contributed by atoms with Crippen LogP contribution in [-0.4, -0.2) is 11.8 Å². The third-order valence-electron chi connectivity index (χ3n) is 4.41. The summed E-state index contributed by atoms with van der Waals surface area (Å²) in [5.74, 6) is -1.85. The molecule has 0 radical (unpaired) electrons. The van der Waals surface area contributed by atoms with Crippen LogP contribution in [-0.2, 0) is 15.8 Å². The van der Waals surface area contributed by atoms with Gasteiger partial charge in [0.25, 0.3) is 11.8 Å². The number of aryl methyl sites for hydroxylation is 1. The second-order valence-electron chi connectivity index (χ2n) is 6.17. The van der Waals surface area contributed by atoms with Crippen molar-refractivity contribution in [2.45, 2.75) is 20.0 Å². The highest BCUT2D eigenvalue weighted by Crippen LogP contribution is 2.39. The monoisotopic (exact) mass is 428 g/mol. The molecule has 1 aliphatic heterocycles. The molecule has 3 rings (SSSR count). The minimum absolute atomic E-state index is 0.188. The predicted molar refractivity (Wildman–Crippen MR) is 101 cm³/mol. The van der Waals surface area contributed by atoms with E-state index in [1.165, 1.54) is 0 Å². The molecular weight excluding hydrogens is 416 g/mol. The Morgan fingerprint density at radius 1 is 1.00 bits per heavy atom. The number of carbonyl (C=O) groups is 2. The molecule has 0 saturated heterocycles. The van der Waals surface area contributed by atoms with Gasteiger partial charge in [-0.05, 0) is 49.2 Å². The topological polar surface area (TPSA) is 49.4 Å². The SMILES string of the molecule is Cc1cccc(NC2=C(Cl)C(=O)N(c3cc(C(F)(F)F)ccc3Cl)C2=O)c1C. The van der Waals surface area contributed by atoms with Crippen molar-refractivity contribution in [1.82, 2.24) is 0 Å². The maximum Gasteiger partial charge on any atom is 0.416 e. The summed E-state index contributed by atoms with van der Waals surface area (Å²) >= 11 is 12.0. The number of halogens is 5. The highest BCUT2D eigenvalue weighted by molar-refractivity contribution is 6.53. The predicted octanol–water partition coefficient (Wildman–Crippen LogP) is 5.41. The van der Waals surface area contributed by atoms with Crippen molar-refractivity contribution < 1.29 is 22.8 Å². The van der Waals surface area contributed by atoms with E-state index in [1.807, 2.05) is 19.9 Å². The number of carbonyl (C=O) groups excluding carboxylic acids is 2. The van der Waals surface area contributed by atoms with Gasteiger partial charge >= 0.3 is 6.18 Å². The van der Waals surface area contributed by atoms with Crippen LogP contribution in [0.15, 0.2) is 47.1 Å². The third kappa shape index (κ3) is 3.47. The van der Waals surface area contributed by atoms with Gasteiger partial charge in [0, 0.05) is 5.69 Å².